The predicted molar refractivity (Wildman–Crippen MR) is 163 cm³/mol. The summed E-state index contributed by atoms with van der Waals surface area (Å²) in [5.41, 5.74) is 5.12. The molecule has 0 aliphatic heterocycles. The largest absolute Gasteiger partial charge is 0.508 e. The quantitative estimate of drug-likeness (QED) is 0.337. The number of amides is 1. The number of aliphatic hydroxyl groups is 3. The van der Waals surface area contributed by atoms with Crippen LogP contribution in [0.4, 0.5) is 5.69 Å². The highest BCUT2D eigenvalue weighted by molar-refractivity contribution is 6.24. The van der Waals surface area contributed by atoms with Crippen molar-refractivity contribution in [2.24, 2.45) is 17.6 Å². The van der Waals surface area contributed by atoms with Crippen LogP contribution in [0.1, 0.15) is 43.9 Å². The molecule has 3 aliphatic rings. The van der Waals surface area contributed by atoms with E-state index in [0.717, 1.165) is 16.8 Å². The third kappa shape index (κ3) is 4.34. The highest BCUT2D eigenvalue weighted by Crippen LogP contribution is 2.55. The first-order valence-electron chi connectivity index (χ1n) is 14.2. The summed E-state index contributed by atoms with van der Waals surface area (Å²) in [6.45, 7) is 5.78. The fraction of sp³-hybridized carbons (Fsp3) is 0.424. The third-order valence-corrected chi connectivity index (χ3v) is 9.22. The number of hydrogen-bond acceptors (Lipinski definition) is 9. The number of phenolic OH excluding ortho intramolecular Hbond substituents is 1. The molecule has 0 saturated heterocycles. The zero-order chi connectivity index (χ0) is 31.9. The number of primary amides is 1. The average Bonchev–Trinajstić information content (AvgIpc) is 2.90. The summed E-state index contributed by atoms with van der Waals surface area (Å²) in [5, 5.41) is 46.3. The molecule has 3 aliphatic carbocycles. The number of benzene rings is 2. The Labute approximate surface area is 250 Å². The fourth-order valence-corrected chi connectivity index (χ4v) is 7.08. The predicted octanol–water partition coefficient (Wildman–Crippen LogP) is 2.99. The molecule has 0 unspecified atom stereocenters. The van der Waals surface area contributed by atoms with Gasteiger partial charge in [0.05, 0.1) is 11.6 Å². The van der Waals surface area contributed by atoms with Crippen molar-refractivity contribution in [3.05, 3.63) is 63.9 Å². The number of carbonyl (C=O) groups is 3. The molecule has 228 valence electrons. The van der Waals surface area contributed by atoms with Crippen LogP contribution in [-0.4, -0.2) is 82.6 Å². The Morgan fingerprint density at radius 3 is 2.14 bits per heavy atom. The van der Waals surface area contributed by atoms with Crippen LogP contribution in [0.5, 0.6) is 5.75 Å². The van der Waals surface area contributed by atoms with Crippen LogP contribution in [-0.2, 0) is 26.2 Å². The van der Waals surface area contributed by atoms with Gasteiger partial charge in [-0.1, -0.05) is 32.9 Å². The maximum Gasteiger partial charge on any atom is 0.255 e. The second kappa shape index (κ2) is 9.96. The SMILES string of the molecule is CN(C)c1ccc(-c2cc(C(C)(C)C)c(O)c3c2C[C@H]2C[C@H]4[C@H](N(C)C)C(=O)C(C(N)=O)=C(O)[C@@]4(O)C(=O)C2=C3O)cc1. The topological polar surface area (TPSA) is 165 Å². The van der Waals surface area contributed by atoms with Crippen LogP contribution in [0.3, 0.4) is 0 Å². The van der Waals surface area contributed by atoms with Gasteiger partial charge in [0.2, 0.25) is 5.78 Å². The van der Waals surface area contributed by atoms with Crippen molar-refractivity contribution in [2.75, 3.05) is 33.1 Å². The minimum absolute atomic E-state index is 0.0343. The highest BCUT2D eigenvalue weighted by atomic mass is 16.3. The molecule has 0 heterocycles. The van der Waals surface area contributed by atoms with Crippen LogP contribution >= 0.6 is 0 Å². The molecule has 6 N–H and O–H groups in total. The van der Waals surface area contributed by atoms with E-state index in [9.17, 15) is 34.8 Å². The maximum absolute atomic E-state index is 14.2. The molecule has 0 aromatic heterocycles. The number of likely N-dealkylation sites (N-methyl/N-ethyl adjacent to an activating group) is 1. The number of anilines is 1. The Kier molecular flexibility index (Phi) is 7.02. The Morgan fingerprint density at radius 2 is 1.63 bits per heavy atom. The van der Waals surface area contributed by atoms with Crippen molar-refractivity contribution in [1.29, 1.82) is 0 Å². The third-order valence-electron chi connectivity index (χ3n) is 9.22. The van der Waals surface area contributed by atoms with E-state index >= 15 is 0 Å². The van der Waals surface area contributed by atoms with Gasteiger partial charge >= 0.3 is 0 Å². The summed E-state index contributed by atoms with van der Waals surface area (Å²) in [5.74, 6) is -6.61. The van der Waals surface area contributed by atoms with E-state index in [0.29, 0.717) is 11.1 Å². The molecule has 4 atom stereocenters. The van der Waals surface area contributed by atoms with Gasteiger partial charge in [-0.05, 0) is 73.2 Å². The molecule has 1 amide bonds. The van der Waals surface area contributed by atoms with Crippen LogP contribution in [0, 0.1) is 11.8 Å². The number of Topliss-reactive ketones (excluding diaryl/α,β-unsaturated/α-hetero) is 2. The molecule has 2 aromatic carbocycles. The Balaban J connectivity index is 1.79. The molecular weight excluding hydrogens is 550 g/mol. The molecule has 0 bridgehead atoms. The van der Waals surface area contributed by atoms with Crippen LogP contribution < -0.4 is 10.6 Å². The average molecular weight is 590 g/mol. The van der Waals surface area contributed by atoms with Crippen molar-refractivity contribution >= 4 is 28.9 Å². The van der Waals surface area contributed by atoms with E-state index in [2.05, 4.69) is 0 Å². The van der Waals surface area contributed by atoms with Gasteiger partial charge in [0.15, 0.2) is 11.4 Å². The number of nitrogens with zero attached hydrogens (tertiary/aromatic N) is 2. The summed E-state index contributed by atoms with van der Waals surface area (Å²) in [7, 11) is 7.04. The number of nitrogens with two attached hydrogens (primary N) is 1. The number of ketones is 2. The zero-order valence-electron chi connectivity index (χ0n) is 25.5. The highest BCUT2D eigenvalue weighted by Gasteiger charge is 2.64. The number of carbonyl (C=O) groups excluding carboxylic acids is 3. The van der Waals surface area contributed by atoms with Crippen molar-refractivity contribution in [1.82, 2.24) is 4.90 Å². The number of rotatable bonds is 4. The van der Waals surface area contributed by atoms with Crippen molar-refractivity contribution < 1.29 is 34.8 Å². The van der Waals surface area contributed by atoms with Gasteiger partial charge < -0.3 is 31.1 Å². The molecule has 10 nitrogen and oxygen atoms in total. The smallest absolute Gasteiger partial charge is 0.255 e. The summed E-state index contributed by atoms with van der Waals surface area (Å²) >= 11 is 0. The van der Waals surface area contributed by atoms with Gasteiger partial charge in [-0.25, -0.2) is 0 Å². The number of hydrogen-bond donors (Lipinski definition) is 5. The van der Waals surface area contributed by atoms with Gasteiger partial charge in [-0.2, -0.15) is 0 Å². The van der Waals surface area contributed by atoms with Gasteiger partial charge in [-0.3, -0.25) is 19.3 Å². The lowest BCUT2D eigenvalue weighted by Gasteiger charge is -2.50. The fourth-order valence-electron chi connectivity index (χ4n) is 7.08. The Hall–Kier alpha value is -4.15. The van der Waals surface area contributed by atoms with E-state index < -0.39 is 63.5 Å². The minimum atomic E-state index is -2.67. The number of phenols is 1. The van der Waals surface area contributed by atoms with Crippen molar-refractivity contribution in [2.45, 2.75) is 50.7 Å². The lowest BCUT2D eigenvalue weighted by molar-refractivity contribution is -0.153. The Morgan fingerprint density at radius 1 is 1.02 bits per heavy atom. The summed E-state index contributed by atoms with van der Waals surface area (Å²) in [4.78, 5) is 43.3. The second-order valence-electron chi connectivity index (χ2n) is 13.3. The van der Waals surface area contributed by atoms with E-state index in [1.54, 1.807) is 14.1 Å². The van der Waals surface area contributed by atoms with E-state index in [4.69, 9.17) is 5.73 Å². The van der Waals surface area contributed by atoms with Gasteiger partial charge in [-0.15, -0.1) is 0 Å². The van der Waals surface area contributed by atoms with Gasteiger partial charge in [0.25, 0.3) is 5.91 Å². The standard InChI is InChI=1S/C33H39N3O7/c1-32(2,3)21-14-18(15-8-10-17(11-9-15)35(4)5)19-12-16-13-20-25(36(6)7)28(39)24(31(34)42)30(41)33(20,43)29(40)22(16)27(38)23(19)26(21)37/h8-11,14,16,20,25,37-38,41,43H,12-13H2,1-7H3,(H2,34,42)/t16-,20-,25-,33-/m0/s1. The normalized spacial score (nSPS) is 25.5. The molecule has 0 radical (unpaired) electrons. The summed E-state index contributed by atoms with van der Waals surface area (Å²) in [6.07, 6.45) is 0.254. The van der Waals surface area contributed by atoms with Crippen LogP contribution in [0.25, 0.3) is 16.9 Å². The van der Waals surface area contributed by atoms with E-state index in [1.807, 2.05) is 70.1 Å². The first-order valence-corrected chi connectivity index (χ1v) is 14.2. The molecule has 5 rings (SSSR count). The summed E-state index contributed by atoms with van der Waals surface area (Å²) < 4.78 is 0. The lowest BCUT2D eigenvalue weighted by Crippen LogP contribution is -2.65. The van der Waals surface area contributed by atoms with E-state index in [-0.39, 0.29) is 29.7 Å². The van der Waals surface area contributed by atoms with Gasteiger partial charge in [0.1, 0.15) is 22.8 Å². The molecule has 43 heavy (non-hydrogen) atoms. The summed E-state index contributed by atoms with van der Waals surface area (Å²) in [6, 6.07) is 8.66. The van der Waals surface area contributed by atoms with Crippen LogP contribution in [0.2, 0.25) is 0 Å². The first kappa shape index (κ1) is 30.3. The number of aliphatic hydroxyl groups excluding tert-OH is 2. The Bertz CT molecular complexity index is 1630. The van der Waals surface area contributed by atoms with Crippen molar-refractivity contribution in [3.8, 4) is 16.9 Å². The molecule has 10 heteroatoms. The molecule has 1 saturated carbocycles. The lowest BCUT2D eigenvalue weighted by atomic mass is 9.57. The van der Waals surface area contributed by atoms with Gasteiger partial charge in [0, 0.05) is 36.8 Å². The number of fused-ring (bicyclic) bond motifs is 3. The monoisotopic (exact) mass is 589 g/mol. The number of aromatic hydroxyl groups is 1. The van der Waals surface area contributed by atoms with Crippen molar-refractivity contribution in [3.63, 3.8) is 0 Å². The zero-order valence-corrected chi connectivity index (χ0v) is 25.5. The molecule has 0 spiro atoms. The van der Waals surface area contributed by atoms with E-state index in [1.165, 1.54) is 4.90 Å². The van der Waals surface area contributed by atoms with Crippen LogP contribution in [0.15, 0.2) is 47.2 Å². The maximum atomic E-state index is 14.2. The first-order chi connectivity index (χ1) is 19.9. The molecule has 1 fully saturated rings. The minimum Gasteiger partial charge on any atom is -0.508 e. The second-order valence-corrected chi connectivity index (χ2v) is 13.3. The molecule has 2 aromatic rings. The molecular formula is C33H39N3O7.